The number of H-pyrrole nitrogens is 1. The van der Waals surface area contributed by atoms with Gasteiger partial charge >= 0.3 is 0 Å². The number of aryl methyl sites for hydroxylation is 1. The Morgan fingerprint density at radius 3 is 3.10 bits per heavy atom. The Kier molecular flexibility index (Phi) is 4.15. The van der Waals surface area contributed by atoms with Crippen molar-refractivity contribution in [3.8, 4) is 11.5 Å². The molecule has 108 valence electrons. The van der Waals surface area contributed by atoms with Gasteiger partial charge < -0.3 is 19.2 Å². The number of hydrogen-bond donors (Lipinski definition) is 2. The summed E-state index contributed by atoms with van der Waals surface area (Å²) in [6, 6.07) is 3.89. The molecule has 0 bridgehead atoms. The third kappa shape index (κ3) is 3.09. The summed E-state index contributed by atoms with van der Waals surface area (Å²) in [5, 5.41) is 10.4. The molecule has 1 saturated heterocycles. The SMILES string of the molecule is Cc1ccc(-c2[nH]ncc2CNCC2COCCO2)o1. The average molecular weight is 277 g/mol. The smallest absolute Gasteiger partial charge is 0.152 e. The summed E-state index contributed by atoms with van der Waals surface area (Å²) < 4.78 is 16.6. The molecule has 1 fully saturated rings. The maximum absolute atomic E-state index is 5.62. The van der Waals surface area contributed by atoms with Gasteiger partial charge in [0.1, 0.15) is 11.5 Å². The lowest BCUT2D eigenvalue weighted by atomic mass is 10.2. The van der Waals surface area contributed by atoms with Crippen molar-refractivity contribution in [1.29, 1.82) is 0 Å². The first-order chi connectivity index (χ1) is 9.83. The molecule has 2 aromatic rings. The van der Waals surface area contributed by atoms with Crippen LogP contribution >= 0.6 is 0 Å². The highest BCUT2D eigenvalue weighted by Crippen LogP contribution is 2.23. The molecular formula is C14H19N3O3. The van der Waals surface area contributed by atoms with Crippen LogP contribution in [-0.2, 0) is 16.0 Å². The molecule has 0 amide bonds. The fourth-order valence-corrected chi connectivity index (χ4v) is 2.25. The van der Waals surface area contributed by atoms with Crippen LogP contribution in [0.15, 0.2) is 22.7 Å². The monoisotopic (exact) mass is 277 g/mol. The van der Waals surface area contributed by atoms with Crippen LogP contribution in [0.3, 0.4) is 0 Å². The predicted molar refractivity (Wildman–Crippen MR) is 73.3 cm³/mol. The van der Waals surface area contributed by atoms with Gasteiger partial charge in [0.15, 0.2) is 5.76 Å². The highest BCUT2D eigenvalue weighted by Gasteiger charge is 2.15. The topological polar surface area (TPSA) is 72.3 Å². The van der Waals surface area contributed by atoms with Gasteiger partial charge in [-0.2, -0.15) is 5.10 Å². The van der Waals surface area contributed by atoms with E-state index in [0.29, 0.717) is 26.4 Å². The predicted octanol–water partition coefficient (Wildman–Crippen LogP) is 1.48. The number of aromatic nitrogens is 2. The molecule has 2 N–H and O–H groups in total. The first-order valence-corrected chi connectivity index (χ1v) is 6.82. The molecule has 0 aliphatic carbocycles. The Labute approximate surface area is 117 Å². The van der Waals surface area contributed by atoms with Crippen molar-refractivity contribution in [3.05, 3.63) is 29.7 Å². The quantitative estimate of drug-likeness (QED) is 0.866. The van der Waals surface area contributed by atoms with Gasteiger partial charge in [0.05, 0.1) is 32.1 Å². The molecule has 0 radical (unpaired) electrons. The zero-order valence-corrected chi connectivity index (χ0v) is 11.5. The van der Waals surface area contributed by atoms with Crippen LogP contribution in [0.2, 0.25) is 0 Å². The molecule has 2 aromatic heterocycles. The van der Waals surface area contributed by atoms with E-state index >= 15 is 0 Å². The van der Waals surface area contributed by atoms with Gasteiger partial charge in [0.25, 0.3) is 0 Å². The molecule has 0 saturated carbocycles. The molecule has 3 rings (SSSR count). The summed E-state index contributed by atoms with van der Waals surface area (Å²) in [6.07, 6.45) is 1.95. The summed E-state index contributed by atoms with van der Waals surface area (Å²) in [4.78, 5) is 0. The Hall–Kier alpha value is -1.63. The van der Waals surface area contributed by atoms with Crippen molar-refractivity contribution in [3.63, 3.8) is 0 Å². The Balaban J connectivity index is 1.56. The second kappa shape index (κ2) is 6.21. The van der Waals surface area contributed by atoms with Gasteiger partial charge in [0, 0.05) is 18.7 Å². The maximum Gasteiger partial charge on any atom is 0.152 e. The van der Waals surface area contributed by atoms with Crippen molar-refractivity contribution in [1.82, 2.24) is 15.5 Å². The molecule has 1 atom stereocenters. The second-order valence-electron chi connectivity index (χ2n) is 4.88. The molecule has 0 aromatic carbocycles. The Morgan fingerprint density at radius 2 is 2.35 bits per heavy atom. The highest BCUT2D eigenvalue weighted by atomic mass is 16.6. The average Bonchev–Trinajstić information content (AvgIpc) is 3.09. The van der Waals surface area contributed by atoms with Gasteiger partial charge in [-0.25, -0.2) is 0 Å². The number of nitrogens with zero attached hydrogens (tertiary/aromatic N) is 1. The van der Waals surface area contributed by atoms with Crippen molar-refractivity contribution in [2.75, 3.05) is 26.4 Å². The highest BCUT2D eigenvalue weighted by molar-refractivity contribution is 5.56. The van der Waals surface area contributed by atoms with Crippen molar-refractivity contribution in [2.45, 2.75) is 19.6 Å². The minimum atomic E-state index is 0.130. The molecule has 1 aliphatic rings. The summed E-state index contributed by atoms with van der Waals surface area (Å²) in [6.45, 7) is 5.43. The van der Waals surface area contributed by atoms with E-state index < -0.39 is 0 Å². The van der Waals surface area contributed by atoms with E-state index in [2.05, 4.69) is 15.5 Å². The number of ether oxygens (including phenoxy) is 2. The van der Waals surface area contributed by atoms with E-state index in [9.17, 15) is 0 Å². The van der Waals surface area contributed by atoms with Crippen molar-refractivity contribution in [2.24, 2.45) is 0 Å². The van der Waals surface area contributed by atoms with Crippen LogP contribution in [0.1, 0.15) is 11.3 Å². The van der Waals surface area contributed by atoms with E-state index in [4.69, 9.17) is 13.9 Å². The van der Waals surface area contributed by atoms with Gasteiger partial charge in [-0.1, -0.05) is 0 Å². The summed E-state index contributed by atoms with van der Waals surface area (Å²) in [5.41, 5.74) is 2.00. The molecule has 1 aliphatic heterocycles. The summed E-state index contributed by atoms with van der Waals surface area (Å²) in [5.74, 6) is 1.70. The van der Waals surface area contributed by atoms with Crippen molar-refractivity contribution >= 4 is 0 Å². The molecule has 6 heteroatoms. The van der Waals surface area contributed by atoms with Gasteiger partial charge in [-0.05, 0) is 19.1 Å². The number of furan rings is 1. The largest absolute Gasteiger partial charge is 0.460 e. The Bertz CT molecular complexity index is 543. The lowest BCUT2D eigenvalue weighted by Gasteiger charge is -2.23. The van der Waals surface area contributed by atoms with Crippen LogP contribution in [0.5, 0.6) is 0 Å². The molecule has 0 spiro atoms. The van der Waals surface area contributed by atoms with E-state index in [1.807, 2.05) is 25.3 Å². The minimum Gasteiger partial charge on any atom is -0.460 e. The number of rotatable bonds is 5. The van der Waals surface area contributed by atoms with Gasteiger partial charge in [0.2, 0.25) is 0 Å². The van der Waals surface area contributed by atoms with Crippen LogP contribution in [-0.4, -0.2) is 42.7 Å². The Morgan fingerprint density at radius 1 is 1.40 bits per heavy atom. The molecule has 6 nitrogen and oxygen atoms in total. The van der Waals surface area contributed by atoms with E-state index in [-0.39, 0.29) is 6.10 Å². The molecule has 3 heterocycles. The minimum absolute atomic E-state index is 0.130. The molecular weight excluding hydrogens is 258 g/mol. The van der Waals surface area contributed by atoms with E-state index in [1.165, 1.54) is 0 Å². The van der Waals surface area contributed by atoms with Crippen LogP contribution in [0, 0.1) is 6.92 Å². The lowest BCUT2D eigenvalue weighted by Crippen LogP contribution is -2.37. The normalized spacial score (nSPS) is 19.4. The van der Waals surface area contributed by atoms with Crippen molar-refractivity contribution < 1.29 is 13.9 Å². The standard InChI is InChI=1S/C14H19N3O3/c1-10-2-3-13(20-10)14-11(7-16-17-14)6-15-8-12-9-18-4-5-19-12/h2-3,7,12,15H,4-6,8-9H2,1H3,(H,16,17). The van der Waals surface area contributed by atoms with Crippen LogP contribution < -0.4 is 5.32 Å². The zero-order chi connectivity index (χ0) is 13.8. The first kappa shape index (κ1) is 13.4. The first-order valence-electron chi connectivity index (χ1n) is 6.82. The third-order valence-electron chi connectivity index (χ3n) is 3.28. The number of hydrogen-bond acceptors (Lipinski definition) is 5. The number of nitrogens with one attached hydrogen (secondary N) is 2. The van der Waals surface area contributed by atoms with Gasteiger partial charge in [-0.3, -0.25) is 5.10 Å². The summed E-state index contributed by atoms with van der Waals surface area (Å²) >= 11 is 0. The van der Waals surface area contributed by atoms with E-state index in [0.717, 1.165) is 29.3 Å². The molecule has 20 heavy (non-hydrogen) atoms. The summed E-state index contributed by atoms with van der Waals surface area (Å²) in [7, 11) is 0. The second-order valence-corrected chi connectivity index (χ2v) is 4.88. The fraction of sp³-hybridized carbons (Fsp3) is 0.500. The maximum atomic E-state index is 5.62. The third-order valence-corrected chi connectivity index (χ3v) is 3.28. The van der Waals surface area contributed by atoms with Crippen LogP contribution in [0.4, 0.5) is 0 Å². The fourth-order valence-electron chi connectivity index (χ4n) is 2.25. The number of aromatic amines is 1. The van der Waals surface area contributed by atoms with Gasteiger partial charge in [-0.15, -0.1) is 0 Å². The molecule has 1 unspecified atom stereocenters. The van der Waals surface area contributed by atoms with Crippen LogP contribution in [0.25, 0.3) is 11.5 Å². The van der Waals surface area contributed by atoms with E-state index in [1.54, 1.807) is 0 Å². The zero-order valence-electron chi connectivity index (χ0n) is 11.5. The lowest BCUT2D eigenvalue weighted by molar-refractivity contribution is -0.0864.